The fraction of sp³-hybridized carbons (Fsp3) is 0.300. The van der Waals surface area contributed by atoms with Crippen LogP contribution >= 0.6 is 11.3 Å². The number of carbonyl (C=O) groups is 1. The standard InChI is InChI=1S/C10H14N2OS/c1-8(11)10(13)12-5-2-3-9-4-6-14-7-9/h2,4-8H,3,11H2,1H3,(H,12,13)/b5-2+. The summed E-state index contributed by atoms with van der Waals surface area (Å²) in [5.41, 5.74) is 6.62. The summed E-state index contributed by atoms with van der Waals surface area (Å²) in [6, 6.07) is 1.60. The van der Waals surface area contributed by atoms with Crippen LogP contribution in [0.1, 0.15) is 12.5 Å². The van der Waals surface area contributed by atoms with Crippen LogP contribution in [0.15, 0.2) is 29.1 Å². The summed E-state index contributed by atoms with van der Waals surface area (Å²) in [4.78, 5) is 11.0. The van der Waals surface area contributed by atoms with Gasteiger partial charge in [0.1, 0.15) is 0 Å². The van der Waals surface area contributed by atoms with E-state index < -0.39 is 6.04 Å². The van der Waals surface area contributed by atoms with Gasteiger partial charge in [0.2, 0.25) is 5.91 Å². The fourth-order valence-corrected chi connectivity index (χ4v) is 1.56. The van der Waals surface area contributed by atoms with Crippen molar-refractivity contribution in [2.24, 2.45) is 5.73 Å². The second kappa shape index (κ2) is 5.57. The highest BCUT2D eigenvalue weighted by atomic mass is 32.1. The Hall–Kier alpha value is -1.13. The van der Waals surface area contributed by atoms with E-state index in [2.05, 4.69) is 16.8 Å². The Morgan fingerprint density at radius 2 is 2.57 bits per heavy atom. The van der Waals surface area contributed by atoms with Gasteiger partial charge in [-0.05, 0) is 35.7 Å². The summed E-state index contributed by atoms with van der Waals surface area (Å²) >= 11 is 1.67. The van der Waals surface area contributed by atoms with Crippen molar-refractivity contribution in [3.05, 3.63) is 34.7 Å². The Morgan fingerprint density at radius 1 is 1.79 bits per heavy atom. The Morgan fingerprint density at radius 3 is 3.14 bits per heavy atom. The van der Waals surface area contributed by atoms with Crippen molar-refractivity contribution in [1.29, 1.82) is 0 Å². The third-order valence-corrected chi connectivity index (χ3v) is 2.42. The first-order valence-corrected chi connectivity index (χ1v) is 5.36. The topological polar surface area (TPSA) is 55.1 Å². The molecule has 1 unspecified atom stereocenters. The first-order chi connectivity index (χ1) is 6.70. The highest BCUT2D eigenvalue weighted by Crippen LogP contribution is 2.06. The predicted molar refractivity (Wildman–Crippen MR) is 59.0 cm³/mol. The zero-order valence-corrected chi connectivity index (χ0v) is 8.88. The van der Waals surface area contributed by atoms with Crippen LogP contribution in [0, 0.1) is 0 Å². The lowest BCUT2D eigenvalue weighted by atomic mass is 10.2. The lowest BCUT2D eigenvalue weighted by Gasteiger charge is -2.01. The molecule has 1 aromatic rings. The van der Waals surface area contributed by atoms with E-state index in [0.29, 0.717) is 0 Å². The van der Waals surface area contributed by atoms with E-state index in [-0.39, 0.29) is 5.91 Å². The molecule has 1 rings (SSSR count). The highest BCUT2D eigenvalue weighted by molar-refractivity contribution is 7.07. The Balaban J connectivity index is 2.25. The molecule has 0 aliphatic heterocycles. The largest absolute Gasteiger partial charge is 0.332 e. The van der Waals surface area contributed by atoms with Crippen molar-refractivity contribution < 1.29 is 4.79 Å². The molecule has 1 atom stereocenters. The van der Waals surface area contributed by atoms with Gasteiger partial charge in [-0.3, -0.25) is 4.79 Å². The fourth-order valence-electron chi connectivity index (χ4n) is 0.876. The maximum Gasteiger partial charge on any atom is 0.240 e. The van der Waals surface area contributed by atoms with Crippen molar-refractivity contribution in [2.45, 2.75) is 19.4 Å². The van der Waals surface area contributed by atoms with E-state index in [1.807, 2.05) is 11.5 Å². The smallest absolute Gasteiger partial charge is 0.240 e. The second-order valence-corrected chi connectivity index (χ2v) is 3.82. The first-order valence-electron chi connectivity index (χ1n) is 4.42. The molecule has 0 bridgehead atoms. The Bertz CT molecular complexity index is 304. The second-order valence-electron chi connectivity index (χ2n) is 3.04. The number of hydrogen-bond acceptors (Lipinski definition) is 3. The number of allylic oxidation sites excluding steroid dienone is 1. The molecule has 0 spiro atoms. The molecule has 4 heteroatoms. The summed E-state index contributed by atoms with van der Waals surface area (Å²) in [5.74, 6) is -0.161. The number of rotatable bonds is 4. The van der Waals surface area contributed by atoms with Crippen LogP contribution in [-0.4, -0.2) is 11.9 Å². The number of thiophene rings is 1. The monoisotopic (exact) mass is 210 g/mol. The van der Waals surface area contributed by atoms with Crippen molar-refractivity contribution in [3.8, 4) is 0 Å². The summed E-state index contributed by atoms with van der Waals surface area (Å²) in [7, 11) is 0. The minimum atomic E-state index is -0.458. The molecule has 14 heavy (non-hydrogen) atoms. The van der Waals surface area contributed by atoms with Crippen LogP contribution < -0.4 is 11.1 Å². The van der Waals surface area contributed by atoms with Gasteiger partial charge in [0, 0.05) is 6.20 Å². The van der Waals surface area contributed by atoms with Crippen molar-refractivity contribution in [3.63, 3.8) is 0 Å². The Kier molecular flexibility index (Phi) is 4.35. The van der Waals surface area contributed by atoms with E-state index in [0.717, 1.165) is 6.42 Å². The first kappa shape index (κ1) is 10.9. The molecular formula is C10H14N2OS. The number of nitrogens with two attached hydrogens (primary N) is 1. The lowest BCUT2D eigenvalue weighted by molar-refractivity contribution is -0.121. The van der Waals surface area contributed by atoms with Gasteiger partial charge in [0.05, 0.1) is 6.04 Å². The molecule has 1 amide bonds. The average molecular weight is 210 g/mol. The van der Waals surface area contributed by atoms with E-state index in [1.54, 1.807) is 24.5 Å². The van der Waals surface area contributed by atoms with Gasteiger partial charge in [0.15, 0.2) is 0 Å². The highest BCUT2D eigenvalue weighted by Gasteiger charge is 2.02. The zero-order chi connectivity index (χ0) is 10.4. The zero-order valence-electron chi connectivity index (χ0n) is 8.07. The molecule has 0 saturated carbocycles. The molecule has 0 fully saturated rings. The van der Waals surface area contributed by atoms with E-state index in [1.165, 1.54) is 5.56 Å². The number of amides is 1. The van der Waals surface area contributed by atoms with Crippen LogP contribution in [0.4, 0.5) is 0 Å². The van der Waals surface area contributed by atoms with Gasteiger partial charge < -0.3 is 11.1 Å². The van der Waals surface area contributed by atoms with Crippen LogP contribution in [-0.2, 0) is 11.2 Å². The van der Waals surface area contributed by atoms with Gasteiger partial charge in [-0.15, -0.1) is 0 Å². The van der Waals surface area contributed by atoms with Gasteiger partial charge >= 0.3 is 0 Å². The summed E-state index contributed by atoms with van der Waals surface area (Å²) in [5, 5.41) is 6.72. The molecule has 3 N–H and O–H groups in total. The summed E-state index contributed by atoms with van der Waals surface area (Å²) in [6.07, 6.45) is 4.38. The third-order valence-electron chi connectivity index (χ3n) is 1.69. The normalized spacial score (nSPS) is 13.0. The molecule has 0 saturated heterocycles. The molecule has 0 aliphatic carbocycles. The SMILES string of the molecule is CC(N)C(=O)N/C=C/Cc1ccsc1. The molecule has 76 valence electrons. The van der Waals surface area contributed by atoms with Crippen molar-refractivity contribution in [1.82, 2.24) is 5.32 Å². The molecule has 0 radical (unpaired) electrons. The van der Waals surface area contributed by atoms with Crippen molar-refractivity contribution >= 4 is 17.2 Å². The third kappa shape index (κ3) is 3.72. The van der Waals surface area contributed by atoms with Gasteiger partial charge in [0.25, 0.3) is 0 Å². The lowest BCUT2D eigenvalue weighted by Crippen LogP contribution is -2.35. The van der Waals surface area contributed by atoms with Crippen LogP contribution in [0.25, 0.3) is 0 Å². The molecule has 1 aromatic heterocycles. The molecule has 0 aliphatic rings. The maximum absolute atomic E-state index is 11.0. The van der Waals surface area contributed by atoms with Crippen LogP contribution in [0.5, 0.6) is 0 Å². The van der Waals surface area contributed by atoms with Crippen LogP contribution in [0.2, 0.25) is 0 Å². The molecule has 3 nitrogen and oxygen atoms in total. The average Bonchev–Trinajstić information content (AvgIpc) is 2.64. The maximum atomic E-state index is 11.0. The predicted octanol–water partition coefficient (Wildman–Crippen LogP) is 1.27. The summed E-state index contributed by atoms with van der Waals surface area (Å²) in [6.45, 7) is 1.65. The van der Waals surface area contributed by atoms with E-state index in [4.69, 9.17) is 5.73 Å². The van der Waals surface area contributed by atoms with Gasteiger partial charge in [-0.2, -0.15) is 11.3 Å². The van der Waals surface area contributed by atoms with E-state index in [9.17, 15) is 4.79 Å². The van der Waals surface area contributed by atoms with E-state index >= 15 is 0 Å². The van der Waals surface area contributed by atoms with Gasteiger partial charge in [-0.25, -0.2) is 0 Å². The summed E-state index contributed by atoms with van der Waals surface area (Å²) < 4.78 is 0. The number of hydrogen-bond donors (Lipinski definition) is 2. The minimum absolute atomic E-state index is 0.161. The Labute approximate surface area is 87.6 Å². The molecule has 1 heterocycles. The van der Waals surface area contributed by atoms with Gasteiger partial charge in [-0.1, -0.05) is 6.08 Å². The molecular weight excluding hydrogens is 196 g/mol. The quantitative estimate of drug-likeness (QED) is 0.786. The minimum Gasteiger partial charge on any atom is -0.332 e. The van der Waals surface area contributed by atoms with Crippen molar-refractivity contribution in [2.75, 3.05) is 0 Å². The number of nitrogens with one attached hydrogen (secondary N) is 1. The van der Waals surface area contributed by atoms with Crippen LogP contribution in [0.3, 0.4) is 0 Å². The number of carbonyl (C=O) groups excluding carboxylic acids is 1. The molecule has 0 aromatic carbocycles.